The summed E-state index contributed by atoms with van der Waals surface area (Å²) in [6, 6.07) is 7.33. The summed E-state index contributed by atoms with van der Waals surface area (Å²) in [5, 5.41) is 7.51. The van der Waals surface area contributed by atoms with Crippen molar-refractivity contribution in [3.8, 4) is 0 Å². The van der Waals surface area contributed by atoms with Crippen LogP contribution in [-0.4, -0.2) is 55.8 Å². The van der Waals surface area contributed by atoms with Crippen molar-refractivity contribution in [1.29, 1.82) is 0 Å². The van der Waals surface area contributed by atoms with Gasteiger partial charge in [-0.25, -0.2) is 0 Å². The summed E-state index contributed by atoms with van der Waals surface area (Å²) in [4.78, 5) is 27.1. The van der Waals surface area contributed by atoms with E-state index in [2.05, 4.69) is 10.6 Å². The first-order valence-electron chi connectivity index (χ1n) is 9.01. The molecule has 27 heavy (non-hydrogen) atoms. The summed E-state index contributed by atoms with van der Waals surface area (Å²) in [5.41, 5.74) is 1.08. The lowest BCUT2D eigenvalue weighted by atomic mass is 10.3. The fraction of sp³-hybridized carbons (Fsp3) is 0.368. The summed E-state index contributed by atoms with van der Waals surface area (Å²) in [7, 11) is 1.89. The van der Waals surface area contributed by atoms with Gasteiger partial charge in [0.1, 0.15) is 18.8 Å². The zero-order chi connectivity index (χ0) is 19.1. The number of nitrogens with zero attached hydrogens (tertiary/aromatic N) is 1. The van der Waals surface area contributed by atoms with Crippen LogP contribution in [0.5, 0.6) is 0 Å². The number of amides is 2. The molecule has 144 valence electrons. The molecular formula is C19H25N4O3S+. The van der Waals surface area contributed by atoms with E-state index in [0.717, 1.165) is 38.5 Å². The number of quaternary nitrogens is 1. The van der Waals surface area contributed by atoms with Crippen LogP contribution >= 0.6 is 11.3 Å². The minimum atomic E-state index is -0.284. The molecule has 3 N–H and O–H groups in total. The van der Waals surface area contributed by atoms with Crippen molar-refractivity contribution in [2.24, 2.45) is 7.05 Å². The van der Waals surface area contributed by atoms with Gasteiger partial charge in [-0.3, -0.25) is 9.59 Å². The lowest BCUT2D eigenvalue weighted by molar-refractivity contribution is -0.906. The van der Waals surface area contributed by atoms with Crippen LogP contribution in [0.2, 0.25) is 0 Å². The maximum Gasteiger partial charge on any atom is 0.268 e. The summed E-state index contributed by atoms with van der Waals surface area (Å²) in [5.74, 6) is -0.562. The Balaban J connectivity index is 1.65. The number of thiophene rings is 1. The molecule has 0 bridgehead atoms. The number of hydrogen-bond acceptors (Lipinski definition) is 4. The highest BCUT2D eigenvalue weighted by Crippen LogP contribution is 2.11. The Kier molecular flexibility index (Phi) is 6.80. The number of nitrogens with one attached hydrogen (secondary N) is 3. The topological polar surface area (TPSA) is 76.8 Å². The van der Waals surface area contributed by atoms with E-state index in [4.69, 9.17) is 4.74 Å². The van der Waals surface area contributed by atoms with E-state index in [1.54, 1.807) is 12.1 Å². The molecule has 2 aromatic heterocycles. The normalized spacial score (nSPS) is 15.5. The molecular weight excluding hydrogens is 364 g/mol. The number of aryl methyl sites for hydroxylation is 1. The highest BCUT2D eigenvalue weighted by molar-refractivity contribution is 7.12. The summed E-state index contributed by atoms with van der Waals surface area (Å²) >= 11 is 1.34. The monoisotopic (exact) mass is 389 g/mol. The van der Waals surface area contributed by atoms with Crippen LogP contribution in [0, 0.1) is 0 Å². The number of carbonyl (C=O) groups is 2. The molecule has 0 saturated carbocycles. The smallest absolute Gasteiger partial charge is 0.268 e. The zero-order valence-corrected chi connectivity index (χ0v) is 16.2. The van der Waals surface area contributed by atoms with Crippen LogP contribution in [0.25, 0.3) is 6.08 Å². The maximum atomic E-state index is 12.7. The van der Waals surface area contributed by atoms with Gasteiger partial charge >= 0.3 is 0 Å². The second-order valence-corrected chi connectivity index (χ2v) is 7.35. The molecule has 1 aliphatic rings. The van der Waals surface area contributed by atoms with Crippen LogP contribution in [0.3, 0.4) is 0 Å². The van der Waals surface area contributed by atoms with E-state index in [-0.39, 0.29) is 17.5 Å². The predicted molar refractivity (Wildman–Crippen MR) is 105 cm³/mol. The molecule has 0 atom stereocenters. The molecule has 3 rings (SSSR count). The van der Waals surface area contributed by atoms with Gasteiger partial charge in [0.05, 0.1) is 31.2 Å². The third kappa shape index (κ3) is 5.53. The second-order valence-electron chi connectivity index (χ2n) is 6.40. The number of hydrogen-bond donors (Lipinski definition) is 3. The highest BCUT2D eigenvalue weighted by Gasteiger charge is 2.17. The Labute approximate surface area is 162 Å². The Morgan fingerprint density at radius 3 is 2.78 bits per heavy atom. The summed E-state index contributed by atoms with van der Waals surface area (Å²) < 4.78 is 7.24. The van der Waals surface area contributed by atoms with Crippen molar-refractivity contribution in [3.63, 3.8) is 0 Å². The Hall–Kier alpha value is -2.42. The van der Waals surface area contributed by atoms with Gasteiger partial charge in [-0.05, 0) is 29.7 Å². The van der Waals surface area contributed by atoms with Crippen molar-refractivity contribution >= 4 is 29.2 Å². The minimum absolute atomic E-state index is 0.243. The largest absolute Gasteiger partial charge is 0.370 e. The molecule has 1 aliphatic heterocycles. The molecule has 0 spiro atoms. The van der Waals surface area contributed by atoms with E-state index < -0.39 is 0 Å². The molecule has 0 radical (unpaired) electrons. The number of aromatic nitrogens is 1. The average Bonchev–Trinajstić information content (AvgIpc) is 3.34. The maximum absolute atomic E-state index is 12.7. The van der Waals surface area contributed by atoms with E-state index in [9.17, 15) is 9.59 Å². The lowest BCUT2D eigenvalue weighted by Gasteiger charge is -2.23. The molecule has 0 unspecified atom stereocenters. The average molecular weight is 390 g/mol. The second kappa shape index (κ2) is 9.50. The molecule has 0 aromatic carbocycles. The van der Waals surface area contributed by atoms with Gasteiger partial charge in [0.15, 0.2) is 0 Å². The first-order valence-corrected chi connectivity index (χ1v) is 9.89. The molecule has 1 saturated heterocycles. The van der Waals surface area contributed by atoms with Gasteiger partial charge < -0.3 is 24.8 Å². The first-order chi connectivity index (χ1) is 13.1. The summed E-state index contributed by atoms with van der Waals surface area (Å²) in [6.45, 7) is 4.82. The predicted octanol–water partition coefficient (Wildman–Crippen LogP) is -0.111. The molecule has 8 heteroatoms. The standard InChI is InChI=1S/C19H24N4O3S/c1-22-7-2-4-15(22)14-16(21-19(25)17-5-3-13-27-17)18(24)20-6-8-23-9-11-26-12-10-23/h2-5,7,13-14H,6,8-12H2,1H3,(H,20,24)(H,21,25)/p+1/b16-14+. The van der Waals surface area contributed by atoms with E-state index in [0.29, 0.717) is 11.4 Å². The number of ether oxygens (including phenoxy) is 1. The molecule has 2 aromatic rings. The molecule has 3 heterocycles. The van der Waals surface area contributed by atoms with E-state index in [1.165, 1.54) is 16.2 Å². The van der Waals surface area contributed by atoms with Crippen molar-refractivity contribution in [3.05, 3.63) is 52.1 Å². The van der Waals surface area contributed by atoms with Gasteiger partial charge in [0.2, 0.25) is 0 Å². The Morgan fingerprint density at radius 2 is 2.11 bits per heavy atom. The summed E-state index contributed by atoms with van der Waals surface area (Å²) in [6.07, 6.45) is 3.59. The zero-order valence-electron chi connectivity index (χ0n) is 15.4. The Morgan fingerprint density at radius 1 is 1.30 bits per heavy atom. The third-order valence-electron chi connectivity index (χ3n) is 4.48. The van der Waals surface area contributed by atoms with Crippen molar-refractivity contribution in [2.75, 3.05) is 39.4 Å². The van der Waals surface area contributed by atoms with E-state index in [1.807, 2.05) is 41.4 Å². The lowest BCUT2D eigenvalue weighted by Crippen LogP contribution is -3.14. The van der Waals surface area contributed by atoms with E-state index >= 15 is 0 Å². The highest BCUT2D eigenvalue weighted by atomic mass is 32.1. The van der Waals surface area contributed by atoms with Crippen molar-refractivity contribution < 1.29 is 19.2 Å². The number of rotatable bonds is 7. The van der Waals surface area contributed by atoms with Crippen LogP contribution in [0.1, 0.15) is 15.4 Å². The van der Waals surface area contributed by atoms with Gasteiger partial charge in [-0.15, -0.1) is 11.3 Å². The SMILES string of the molecule is Cn1cccc1/C=C(/NC(=O)c1cccs1)C(=O)NCC[NH+]1CCOCC1. The molecule has 0 aliphatic carbocycles. The number of carbonyl (C=O) groups excluding carboxylic acids is 2. The molecule has 2 amide bonds. The van der Waals surface area contributed by atoms with Gasteiger partial charge in [-0.2, -0.15) is 0 Å². The van der Waals surface area contributed by atoms with Crippen LogP contribution < -0.4 is 15.5 Å². The van der Waals surface area contributed by atoms with Crippen LogP contribution in [-0.2, 0) is 16.6 Å². The Bertz CT molecular complexity index is 792. The number of morpholine rings is 1. The fourth-order valence-electron chi connectivity index (χ4n) is 2.88. The van der Waals surface area contributed by atoms with Gasteiger partial charge in [-0.1, -0.05) is 6.07 Å². The van der Waals surface area contributed by atoms with Crippen LogP contribution in [0.15, 0.2) is 41.5 Å². The van der Waals surface area contributed by atoms with Crippen LogP contribution in [0.4, 0.5) is 0 Å². The van der Waals surface area contributed by atoms with Gasteiger partial charge in [0, 0.05) is 18.9 Å². The minimum Gasteiger partial charge on any atom is -0.370 e. The van der Waals surface area contributed by atoms with Crippen molar-refractivity contribution in [1.82, 2.24) is 15.2 Å². The molecule has 7 nitrogen and oxygen atoms in total. The first kappa shape index (κ1) is 19.3. The fourth-order valence-corrected chi connectivity index (χ4v) is 3.50. The quantitative estimate of drug-likeness (QED) is 0.579. The van der Waals surface area contributed by atoms with Gasteiger partial charge in [0.25, 0.3) is 11.8 Å². The van der Waals surface area contributed by atoms with Crippen molar-refractivity contribution in [2.45, 2.75) is 0 Å². The third-order valence-corrected chi connectivity index (χ3v) is 5.35. The molecule has 1 fully saturated rings.